The minimum Gasteiger partial charge on any atom is -0.497 e. The van der Waals surface area contributed by atoms with Gasteiger partial charge in [0.15, 0.2) is 12.3 Å². The Morgan fingerprint density at radius 1 is 1.35 bits per heavy atom. The SMILES string of the molecule is C#CCNC(=O)COC(=O)c1csc(-c2ccc(OC)cc2)n1. The first-order chi connectivity index (χ1) is 11.1. The fourth-order valence-corrected chi connectivity index (χ4v) is 2.43. The number of benzene rings is 1. The van der Waals surface area contributed by atoms with Crippen LogP contribution in [0.15, 0.2) is 29.6 Å². The summed E-state index contributed by atoms with van der Waals surface area (Å²) in [5.41, 5.74) is 1.02. The van der Waals surface area contributed by atoms with E-state index in [1.165, 1.54) is 11.3 Å². The van der Waals surface area contributed by atoms with Crippen LogP contribution in [0.4, 0.5) is 0 Å². The lowest BCUT2D eigenvalue weighted by atomic mass is 10.2. The molecule has 0 aliphatic heterocycles. The van der Waals surface area contributed by atoms with Crippen LogP contribution in [0.2, 0.25) is 0 Å². The Hall–Kier alpha value is -2.85. The van der Waals surface area contributed by atoms with Gasteiger partial charge in [-0.2, -0.15) is 0 Å². The van der Waals surface area contributed by atoms with Crippen LogP contribution in [0.3, 0.4) is 0 Å². The number of nitrogens with zero attached hydrogens (tertiary/aromatic N) is 1. The molecule has 0 aliphatic carbocycles. The first kappa shape index (κ1) is 16.5. The largest absolute Gasteiger partial charge is 0.497 e. The quantitative estimate of drug-likeness (QED) is 0.645. The summed E-state index contributed by atoms with van der Waals surface area (Å²) in [6.07, 6.45) is 5.01. The van der Waals surface area contributed by atoms with Gasteiger partial charge in [-0.3, -0.25) is 4.79 Å². The normalized spacial score (nSPS) is 9.74. The molecule has 0 radical (unpaired) electrons. The van der Waals surface area contributed by atoms with Crippen molar-refractivity contribution in [1.82, 2.24) is 10.3 Å². The number of carbonyl (C=O) groups excluding carboxylic acids is 2. The smallest absolute Gasteiger partial charge is 0.358 e. The molecule has 0 fully saturated rings. The van der Waals surface area contributed by atoms with Crippen molar-refractivity contribution in [2.45, 2.75) is 0 Å². The van der Waals surface area contributed by atoms with Crippen LogP contribution in [-0.4, -0.2) is 37.1 Å². The molecule has 1 heterocycles. The van der Waals surface area contributed by atoms with E-state index in [4.69, 9.17) is 15.9 Å². The van der Waals surface area contributed by atoms with Crippen molar-refractivity contribution in [3.8, 4) is 28.7 Å². The van der Waals surface area contributed by atoms with Crippen molar-refractivity contribution in [2.24, 2.45) is 0 Å². The Labute approximate surface area is 137 Å². The lowest BCUT2D eigenvalue weighted by molar-refractivity contribution is -0.123. The molecule has 118 valence electrons. The fraction of sp³-hybridized carbons (Fsp3) is 0.188. The van der Waals surface area contributed by atoms with Gasteiger partial charge < -0.3 is 14.8 Å². The van der Waals surface area contributed by atoms with Crippen LogP contribution >= 0.6 is 11.3 Å². The minimum atomic E-state index is -0.656. The molecule has 0 atom stereocenters. The standard InChI is InChI=1S/C16H14N2O4S/c1-3-8-17-14(19)9-22-16(20)13-10-23-15(18-13)11-4-6-12(21-2)7-5-11/h1,4-7,10H,8-9H2,2H3,(H,17,19). The third kappa shape index (κ3) is 4.56. The van der Waals surface area contributed by atoms with Gasteiger partial charge in [0.25, 0.3) is 5.91 Å². The molecular weight excluding hydrogens is 316 g/mol. The van der Waals surface area contributed by atoms with Crippen molar-refractivity contribution < 1.29 is 19.1 Å². The van der Waals surface area contributed by atoms with Crippen LogP contribution in [-0.2, 0) is 9.53 Å². The molecule has 1 amide bonds. The van der Waals surface area contributed by atoms with E-state index in [1.807, 2.05) is 24.3 Å². The first-order valence-electron chi connectivity index (χ1n) is 6.61. The predicted octanol–water partition coefficient (Wildman–Crippen LogP) is 1.72. The Morgan fingerprint density at radius 3 is 2.74 bits per heavy atom. The molecule has 1 N–H and O–H groups in total. The van der Waals surface area contributed by atoms with Crippen LogP contribution in [0.5, 0.6) is 5.75 Å². The zero-order valence-corrected chi connectivity index (χ0v) is 13.2. The van der Waals surface area contributed by atoms with Gasteiger partial charge in [-0.05, 0) is 24.3 Å². The molecule has 1 aromatic carbocycles. The number of hydrogen-bond donors (Lipinski definition) is 1. The average molecular weight is 330 g/mol. The van der Waals surface area contributed by atoms with E-state index in [0.717, 1.165) is 11.3 Å². The number of methoxy groups -OCH3 is 1. The van der Waals surface area contributed by atoms with E-state index in [-0.39, 0.29) is 12.2 Å². The highest BCUT2D eigenvalue weighted by Gasteiger charge is 2.14. The third-order valence-electron chi connectivity index (χ3n) is 2.77. The van der Waals surface area contributed by atoms with E-state index >= 15 is 0 Å². The van der Waals surface area contributed by atoms with E-state index in [0.29, 0.717) is 5.01 Å². The number of thiazole rings is 1. The second-order valence-electron chi connectivity index (χ2n) is 4.32. The van der Waals surface area contributed by atoms with Gasteiger partial charge >= 0.3 is 5.97 Å². The predicted molar refractivity (Wildman–Crippen MR) is 86.2 cm³/mol. The fourth-order valence-electron chi connectivity index (χ4n) is 1.64. The number of hydrogen-bond acceptors (Lipinski definition) is 6. The van der Waals surface area contributed by atoms with E-state index in [9.17, 15) is 9.59 Å². The molecule has 2 rings (SSSR count). The van der Waals surface area contributed by atoms with Gasteiger partial charge in [0.1, 0.15) is 10.8 Å². The molecule has 2 aromatic rings. The summed E-state index contributed by atoms with van der Waals surface area (Å²) in [6, 6.07) is 7.31. The topological polar surface area (TPSA) is 77.5 Å². The molecule has 0 saturated heterocycles. The summed E-state index contributed by atoms with van der Waals surface area (Å²) in [5, 5.41) is 4.66. The van der Waals surface area contributed by atoms with E-state index < -0.39 is 18.5 Å². The van der Waals surface area contributed by atoms with Gasteiger partial charge in [-0.1, -0.05) is 5.92 Å². The van der Waals surface area contributed by atoms with Crippen molar-refractivity contribution in [3.05, 3.63) is 35.3 Å². The van der Waals surface area contributed by atoms with Crippen LogP contribution in [0, 0.1) is 12.3 Å². The monoisotopic (exact) mass is 330 g/mol. The molecule has 0 bridgehead atoms. The summed E-state index contributed by atoms with van der Waals surface area (Å²) in [4.78, 5) is 27.4. The van der Waals surface area contributed by atoms with Crippen LogP contribution in [0.25, 0.3) is 10.6 Å². The van der Waals surface area contributed by atoms with Crippen molar-refractivity contribution >= 4 is 23.2 Å². The van der Waals surface area contributed by atoms with Crippen molar-refractivity contribution in [3.63, 3.8) is 0 Å². The van der Waals surface area contributed by atoms with Gasteiger partial charge in [0, 0.05) is 10.9 Å². The number of terminal acetylenes is 1. The Bertz CT molecular complexity index is 731. The van der Waals surface area contributed by atoms with E-state index in [1.54, 1.807) is 12.5 Å². The number of carbonyl (C=O) groups is 2. The Kier molecular flexibility index (Phi) is 5.72. The van der Waals surface area contributed by atoms with Gasteiger partial charge in [0.2, 0.25) is 0 Å². The Balaban J connectivity index is 1.96. The van der Waals surface area contributed by atoms with E-state index in [2.05, 4.69) is 16.2 Å². The number of rotatable bonds is 6. The number of esters is 1. The summed E-state index contributed by atoms with van der Waals surface area (Å²) in [5.74, 6) is 1.88. The van der Waals surface area contributed by atoms with Crippen molar-refractivity contribution in [2.75, 3.05) is 20.3 Å². The molecule has 7 heteroatoms. The summed E-state index contributed by atoms with van der Waals surface area (Å²) in [7, 11) is 1.59. The third-order valence-corrected chi connectivity index (χ3v) is 3.66. The molecule has 0 spiro atoms. The zero-order valence-electron chi connectivity index (χ0n) is 12.4. The minimum absolute atomic E-state index is 0.0920. The molecule has 0 aliphatic rings. The second kappa shape index (κ2) is 7.96. The lowest BCUT2D eigenvalue weighted by Gasteiger charge is -2.02. The highest BCUT2D eigenvalue weighted by atomic mass is 32.1. The zero-order chi connectivity index (χ0) is 16.7. The maximum Gasteiger partial charge on any atom is 0.358 e. The first-order valence-corrected chi connectivity index (χ1v) is 7.49. The van der Waals surface area contributed by atoms with Gasteiger partial charge in [-0.25, -0.2) is 9.78 Å². The maximum atomic E-state index is 11.8. The number of ether oxygens (including phenoxy) is 2. The number of amides is 1. The molecule has 1 aromatic heterocycles. The summed E-state index contributed by atoms with van der Waals surface area (Å²) in [6.45, 7) is -0.301. The Morgan fingerprint density at radius 2 is 2.09 bits per heavy atom. The molecule has 0 saturated carbocycles. The maximum absolute atomic E-state index is 11.8. The van der Waals surface area contributed by atoms with Crippen LogP contribution < -0.4 is 10.1 Å². The van der Waals surface area contributed by atoms with Crippen molar-refractivity contribution in [1.29, 1.82) is 0 Å². The highest BCUT2D eigenvalue weighted by Crippen LogP contribution is 2.25. The number of aromatic nitrogens is 1. The number of nitrogens with one attached hydrogen (secondary N) is 1. The molecular formula is C16H14N2O4S. The summed E-state index contributed by atoms with van der Waals surface area (Å²) < 4.78 is 9.97. The lowest BCUT2D eigenvalue weighted by Crippen LogP contribution is -2.29. The highest BCUT2D eigenvalue weighted by molar-refractivity contribution is 7.13. The molecule has 23 heavy (non-hydrogen) atoms. The average Bonchev–Trinajstić information content (AvgIpc) is 3.08. The van der Waals surface area contributed by atoms with Gasteiger partial charge in [-0.15, -0.1) is 17.8 Å². The second-order valence-corrected chi connectivity index (χ2v) is 5.18. The van der Waals surface area contributed by atoms with Crippen LogP contribution in [0.1, 0.15) is 10.5 Å². The molecule has 0 unspecified atom stereocenters. The summed E-state index contributed by atoms with van der Waals surface area (Å²) >= 11 is 1.31. The van der Waals surface area contributed by atoms with Gasteiger partial charge in [0.05, 0.1) is 13.7 Å². The molecule has 6 nitrogen and oxygen atoms in total.